The molecule has 0 fully saturated rings. The molecule has 0 unspecified atom stereocenters. The largest absolute Gasteiger partial charge is 0.483 e. The van der Waals surface area contributed by atoms with Crippen LogP contribution >= 0.6 is 50.7 Å². The van der Waals surface area contributed by atoms with Crippen LogP contribution in [0, 0.1) is 0 Å². The molecule has 8 heteroatoms. The van der Waals surface area contributed by atoms with Crippen molar-refractivity contribution in [1.29, 1.82) is 0 Å². The second-order valence-corrected chi connectivity index (χ2v) is 6.46. The van der Waals surface area contributed by atoms with Crippen LogP contribution in [0.5, 0.6) is 5.75 Å². The molecule has 0 spiro atoms. The minimum absolute atomic E-state index is 0.189. The molecule has 0 aliphatic rings. The maximum absolute atomic E-state index is 11.7. The highest BCUT2D eigenvalue weighted by Gasteiger charge is 2.05. The quantitative estimate of drug-likeness (QED) is 0.533. The van der Waals surface area contributed by atoms with E-state index in [1.807, 2.05) is 0 Å². The van der Waals surface area contributed by atoms with Gasteiger partial charge < -0.3 is 4.74 Å². The lowest BCUT2D eigenvalue weighted by atomic mass is 10.2. The molecule has 0 aromatic heterocycles. The van der Waals surface area contributed by atoms with Crippen molar-refractivity contribution >= 4 is 62.9 Å². The van der Waals surface area contributed by atoms with Crippen molar-refractivity contribution in [2.24, 2.45) is 5.10 Å². The second-order valence-electron chi connectivity index (χ2n) is 4.32. The monoisotopic (exact) mass is 434 g/mol. The van der Waals surface area contributed by atoms with E-state index in [2.05, 4.69) is 26.5 Å². The molecule has 1 amide bonds. The lowest BCUT2D eigenvalue weighted by Gasteiger charge is -2.07. The molecule has 2 aromatic rings. The van der Waals surface area contributed by atoms with Gasteiger partial charge in [-0.1, -0.05) is 40.9 Å². The number of carbonyl (C=O) groups excluding carboxylic acids is 1. The summed E-state index contributed by atoms with van der Waals surface area (Å²) in [5.74, 6) is 0.0995. The molecular formula is C15H10BrCl3N2O2. The van der Waals surface area contributed by atoms with E-state index in [-0.39, 0.29) is 6.61 Å². The Morgan fingerprint density at radius 2 is 1.87 bits per heavy atom. The van der Waals surface area contributed by atoms with Gasteiger partial charge in [0.15, 0.2) is 6.61 Å². The zero-order chi connectivity index (χ0) is 16.8. The van der Waals surface area contributed by atoms with Crippen molar-refractivity contribution in [2.45, 2.75) is 0 Å². The third-order valence-corrected chi connectivity index (χ3v) is 4.03. The number of hydrogen-bond donors (Lipinski definition) is 1. The van der Waals surface area contributed by atoms with E-state index in [0.29, 0.717) is 30.9 Å². The first kappa shape index (κ1) is 18.1. The molecule has 0 atom stereocenters. The van der Waals surface area contributed by atoms with Gasteiger partial charge in [-0.2, -0.15) is 5.10 Å². The first-order valence-electron chi connectivity index (χ1n) is 6.30. The number of carbonyl (C=O) groups is 1. The van der Waals surface area contributed by atoms with E-state index >= 15 is 0 Å². The van der Waals surface area contributed by atoms with Gasteiger partial charge in [0, 0.05) is 15.6 Å². The lowest BCUT2D eigenvalue weighted by Crippen LogP contribution is -2.24. The molecule has 0 saturated heterocycles. The molecule has 0 saturated carbocycles. The van der Waals surface area contributed by atoms with Crippen molar-refractivity contribution in [3.8, 4) is 5.75 Å². The standard InChI is InChI=1S/C15H10BrCl3N2O2/c16-12-5-10(17)3-4-14(12)23-8-15(22)21-20-7-9-1-2-11(18)6-13(9)19/h1-7H,8H2,(H,21,22)/b20-7+. The number of ether oxygens (including phenoxy) is 1. The number of rotatable bonds is 5. The van der Waals surface area contributed by atoms with E-state index in [9.17, 15) is 4.79 Å². The van der Waals surface area contributed by atoms with Gasteiger partial charge >= 0.3 is 0 Å². The van der Waals surface area contributed by atoms with Gasteiger partial charge in [-0.05, 0) is 46.3 Å². The normalized spacial score (nSPS) is 10.8. The van der Waals surface area contributed by atoms with Crippen molar-refractivity contribution in [2.75, 3.05) is 6.61 Å². The van der Waals surface area contributed by atoms with Gasteiger partial charge in [0.1, 0.15) is 5.75 Å². The topological polar surface area (TPSA) is 50.7 Å². The number of hydrazone groups is 1. The molecular weight excluding hydrogens is 426 g/mol. The molecule has 2 aromatic carbocycles. The van der Waals surface area contributed by atoms with Gasteiger partial charge in [0.2, 0.25) is 0 Å². The summed E-state index contributed by atoms with van der Waals surface area (Å²) in [4.78, 5) is 11.7. The highest BCUT2D eigenvalue weighted by atomic mass is 79.9. The van der Waals surface area contributed by atoms with Crippen LogP contribution in [0.2, 0.25) is 15.1 Å². The summed E-state index contributed by atoms with van der Waals surface area (Å²) in [6, 6.07) is 9.97. The fourth-order valence-electron chi connectivity index (χ4n) is 1.55. The number of hydrogen-bond acceptors (Lipinski definition) is 3. The fraction of sp³-hybridized carbons (Fsp3) is 0.0667. The molecule has 4 nitrogen and oxygen atoms in total. The van der Waals surface area contributed by atoms with Crippen LogP contribution in [0.3, 0.4) is 0 Å². The van der Waals surface area contributed by atoms with Gasteiger partial charge in [-0.25, -0.2) is 5.43 Å². The molecule has 0 aliphatic heterocycles. The number of nitrogens with one attached hydrogen (secondary N) is 1. The summed E-state index contributed by atoms with van der Waals surface area (Å²) >= 11 is 20.9. The van der Waals surface area contributed by atoms with Gasteiger partial charge in [0.25, 0.3) is 5.91 Å². The average molecular weight is 437 g/mol. The number of halogens is 4. The van der Waals surface area contributed by atoms with Gasteiger partial charge in [0.05, 0.1) is 15.7 Å². The third kappa shape index (κ3) is 5.70. The predicted octanol–water partition coefficient (Wildman–Crippen LogP) is 4.94. The van der Waals surface area contributed by atoms with Crippen molar-refractivity contribution in [3.63, 3.8) is 0 Å². The van der Waals surface area contributed by atoms with E-state index in [4.69, 9.17) is 39.5 Å². The van der Waals surface area contributed by atoms with Crippen LogP contribution in [0.1, 0.15) is 5.56 Å². The van der Waals surface area contributed by atoms with E-state index in [1.165, 1.54) is 6.21 Å². The summed E-state index contributed by atoms with van der Waals surface area (Å²) in [7, 11) is 0. The molecule has 0 aliphatic carbocycles. The number of nitrogens with zero attached hydrogens (tertiary/aromatic N) is 1. The van der Waals surface area contributed by atoms with Crippen LogP contribution in [0.15, 0.2) is 46.0 Å². The van der Waals surface area contributed by atoms with Crippen molar-refractivity contribution in [3.05, 3.63) is 61.5 Å². The molecule has 1 N–H and O–H groups in total. The Labute approximate surface area is 156 Å². The van der Waals surface area contributed by atoms with E-state index in [0.717, 1.165) is 0 Å². The van der Waals surface area contributed by atoms with Crippen LogP contribution in [0.25, 0.3) is 0 Å². The van der Waals surface area contributed by atoms with Gasteiger partial charge in [-0.15, -0.1) is 0 Å². The predicted molar refractivity (Wildman–Crippen MR) is 96.8 cm³/mol. The summed E-state index contributed by atoms with van der Waals surface area (Å²) in [5, 5.41) is 5.35. The van der Waals surface area contributed by atoms with E-state index < -0.39 is 5.91 Å². The van der Waals surface area contributed by atoms with Crippen LogP contribution in [0.4, 0.5) is 0 Å². The SMILES string of the molecule is O=C(COc1ccc(Cl)cc1Br)N/N=C/c1ccc(Cl)cc1Cl. The van der Waals surface area contributed by atoms with E-state index in [1.54, 1.807) is 36.4 Å². The minimum Gasteiger partial charge on any atom is -0.483 e. The number of amides is 1. The number of benzene rings is 2. The first-order chi connectivity index (χ1) is 11.0. The Balaban J connectivity index is 1.86. The third-order valence-electron chi connectivity index (χ3n) is 2.61. The summed E-state index contributed by atoms with van der Waals surface area (Å²) in [6.45, 7) is -0.189. The van der Waals surface area contributed by atoms with Crippen molar-refractivity contribution in [1.82, 2.24) is 5.43 Å². The molecule has 0 bridgehead atoms. The Kier molecular flexibility index (Phi) is 6.72. The molecule has 0 heterocycles. The highest BCUT2D eigenvalue weighted by Crippen LogP contribution is 2.27. The maximum atomic E-state index is 11.7. The van der Waals surface area contributed by atoms with Crippen LogP contribution in [-0.2, 0) is 4.79 Å². The van der Waals surface area contributed by atoms with Crippen LogP contribution in [-0.4, -0.2) is 18.7 Å². The second kappa shape index (κ2) is 8.55. The summed E-state index contributed by atoms with van der Waals surface area (Å²) < 4.78 is 6.02. The minimum atomic E-state index is -0.409. The Bertz CT molecular complexity index is 753. The summed E-state index contributed by atoms with van der Waals surface area (Å²) in [6.07, 6.45) is 1.43. The smallest absolute Gasteiger partial charge is 0.277 e. The van der Waals surface area contributed by atoms with Crippen LogP contribution < -0.4 is 10.2 Å². The first-order valence-corrected chi connectivity index (χ1v) is 8.23. The zero-order valence-corrected chi connectivity index (χ0v) is 15.4. The lowest BCUT2D eigenvalue weighted by molar-refractivity contribution is -0.123. The Morgan fingerprint density at radius 1 is 1.17 bits per heavy atom. The Morgan fingerprint density at radius 3 is 2.57 bits per heavy atom. The molecule has 23 heavy (non-hydrogen) atoms. The summed E-state index contributed by atoms with van der Waals surface area (Å²) in [5.41, 5.74) is 2.98. The molecule has 120 valence electrons. The average Bonchev–Trinajstić information content (AvgIpc) is 2.48. The molecule has 2 rings (SSSR count). The zero-order valence-electron chi connectivity index (χ0n) is 11.5. The highest BCUT2D eigenvalue weighted by molar-refractivity contribution is 9.10. The molecule has 0 radical (unpaired) electrons. The Hall–Kier alpha value is -1.27. The van der Waals surface area contributed by atoms with Crippen molar-refractivity contribution < 1.29 is 9.53 Å². The maximum Gasteiger partial charge on any atom is 0.277 e. The van der Waals surface area contributed by atoms with Gasteiger partial charge in [-0.3, -0.25) is 4.79 Å². The fourth-order valence-corrected chi connectivity index (χ4v) is 2.80.